The van der Waals surface area contributed by atoms with E-state index >= 15 is 0 Å². The van der Waals surface area contributed by atoms with Crippen LogP contribution < -0.4 is 5.56 Å². The molecular formula is C22H25F2N3O2. The molecule has 7 heteroatoms. The first-order valence-electron chi connectivity index (χ1n) is 9.77. The zero-order chi connectivity index (χ0) is 20.9. The summed E-state index contributed by atoms with van der Waals surface area (Å²) < 4.78 is 36.1. The third-order valence-corrected chi connectivity index (χ3v) is 5.72. The molecule has 0 unspecified atom stereocenters. The molecule has 0 radical (unpaired) electrons. The number of benzene rings is 1. The van der Waals surface area contributed by atoms with Gasteiger partial charge in [0, 0.05) is 55.8 Å². The molecule has 5 nitrogen and oxygen atoms in total. The van der Waals surface area contributed by atoms with Crippen LogP contribution in [-0.4, -0.2) is 33.8 Å². The van der Waals surface area contributed by atoms with Crippen LogP contribution in [0, 0.1) is 6.92 Å². The first-order chi connectivity index (χ1) is 13.7. The van der Waals surface area contributed by atoms with Crippen molar-refractivity contribution in [3.05, 3.63) is 52.2 Å². The van der Waals surface area contributed by atoms with Gasteiger partial charge >= 0.3 is 0 Å². The molecule has 0 bridgehead atoms. The summed E-state index contributed by atoms with van der Waals surface area (Å²) in [5.41, 5.74) is 4.02. The summed E-state index contributed by atoms with van der Waals surface area (Å²) in [6.07, 6.45) is 1.44. The van der Waals surface area contributed by atoms with E-state index in [1.807, 2.05) is 35.8 Å². The van der Waals surface area contributed by atoms with E-state index in [1.165, 1.54) is 0 Å². The van der Waals surface area contributed by atoms with Gasteiger partial charge in [0.2, 0.25) is 5.92 Å². The second kappa shape index (κ2) is 7.06. The number of halogens is 2. The Bertz CT molecular complexity index is 1100. The highest BCUT2D eigenvalue weighted by Crippen LogP contribution is 2.49. The first-order valence-corrected chi connectivity index (χ1v) is 9.77. The molecule has 0 aliphatic heterocycles. The minimum Gasteiger partial charge on any atom is -0.383 e. The minimum absolute atomic E-state index is 0.0358. The van der Waals surface area contributed by atoms with Crippen molar-refractivity contribution in [2.24, 2.45) is 7.05 Å². The maximum atomic E-state index is 13.6. The highest BCUT2D eigenvalue weighted by molar-refractivity contribution is 5.92. The molecule has 4 rings (SSSR count). The van der Waals surface area contributed by atoms with Crippen molar-refractivity contribution in [1.82, 2.24) is 14.1 Å². The lowest BCUT2D eigenvalue weighted by Crippen LogP contribution is -2.35. The zero-order valence-corrected chi connectivity index (χ0v) is 17.1. The van der Waals surface area contributed by atoms with Crippen molar-refractivity contribution < 1.29 is 13.5 Å². The van der Waals surface area contributed by atoms with Crippen LogP contribution in [-0.2, 0) is 11.8 Å². The predicted molar refractivity (Wildman–Crippen MR) is 109 cm³/mol. The monoisotopic (exact) mass is 401 g/mol. The van der Waals surface area contributed by atoms with Gasteiger partial charge in [0.05, 0.1) is 23.7 Å². The zero-order valence-electron chi connectivity index (χ0n) is 17.1. The summed E-state index contributed by atoms with van der Waals surface area (Å²) in [7, 11) is 3.35. The summed E-state index contributed by atoms with van der Waals surface area (Å²) >= 11 is 0. The molecular weight excluding hydrogens is 376 g/mol. The van der Waals surface area contributed by atoms with Crippen molar-refractivity contribution in [2.45, 2.75) is 44.6 Å². The van der Waals surface area contributed by atoms with Gasteiger partial charge in [-0.25, -0.2) is 13.8 Å². The minimum atomic E-state index is -2.62. The molecule has 0 saturated heterocycles. The number of methoxy groups -OCH3 is 1. The van der Waals surface area contributed by atoms with Gasteiger partial charge < -0.3 is 13.9 Å². The highest BCUT2D eigenvalue weighted by atomic mass is 19.3. The number of alkyl halides is 2. The van der Waals surface area contributed by atoms with E-state index in [1.54, 1.807) is 31.8 Å². The number of hydrogen-bond acceptors (Lipinski definition) is 3. The smallest absolute Gasteiger partial charge is 0.253 e. The summed E-state index contributed by atoms with van der Waals surface area (Å²) in [6, 6.07) is 7.68. The van der Waals surface area contributed by atoms with Crippen LogP contribution in [0.15, 0.2) is 35.3 Å². The molecule has 1 atom stereocenters. The van der Waals surface area contributed by atoms with E-state index in [4.69, 9.17) is 9.72 Å². The summed E-state index contributed by atoms with van der Waals surface area (Å²) in [5, 5.41) is 0. The number of hydrogen-bond donors (Lipinski definition) is 0. The number of imidazole rings is 1. The molecule has 1 aliphatic rings. The third kappa shape index (κ3) is 3.37. The number of rotatable bonds is 5. The molecule has 1 fully saturated rings. The lowest BCUT2D eigenvalue weighted by molar-refractivity contribution is -0.0893. The van der Waals surface area contributed by atoms with Gasteiger partial charge in [-0.2, -0.15) is 0 Å². The van der Waals surface area contributed by atoms with Crippen LogP contribution in [0.5, 0.6) is 0 Å². The van der Waals surface area contributed by atoms with Crippen molar-refractivity contribution in [3.63, 3.8) is 0 Å². The van der Waals surface area contributed by atoms with Gasteiger partial charge in [-0.05, 0) is 26.0 Å². The molecule has 154 valence electrons. The third-order valence-electron chi connectivity index (χ3n) is 5.72. The molecule has 1 aromatic carbocycles. The molecule has 1 saturated carbocycles. The van der Waals surface area contributed by atoms with Crippen molar-refractivity contribution in [2.75, 3.05) is 13.7 Å². The largest absolute Gasteiger partial charge is 0.383 e. The Kier molecular flexibility index (Phi) is 4.81. The van der Waals surface area contributed by atoms with Crippen LogP contribution in [0.2, 0.25) is 0 Å². The molecule has 0 spiro atoms. The van der Waals surface area contributed by atoms with Crippen molar-refractivity contribution >= 4 is 11.0 Å². The number of aromatic nitrogens is 3. The van der Waals surface area contributed by atoms with E-state index in [9.17, 15) is 13.6 Å². The van der Waals surface area contributed by atoms with Crippen LogP contribution in [0.1, 0.15) is 43.1 Å². The normalized spacial score (nSPS) is 17.4. The van der Waals surface area contributed by atoms with Crippen LogP contribution in [0.4, 0.5) is 8.78 Å². The number of pyridine rings is 1. The number of nitrogens with zero attached hydrogens (tertiary/aromatic N) is 3. The molecule has 2 heterocycles. The van der Waals surface area contributed by atoms with Crippen molar-refractivity contribution in [1.29, 1.82) is 0 Å². The van der Waals surface area contributed by atoms with Crippen LogP contribution >= 0.6 is 0 Å². The molecule has 0 amide bonds. The van der Waals surface area contributed by atoms with Gasteiger partial charge in [-0.1, -0.05) is 12.1 Å². The van der Waals surface area contributed by atoms with E-state index < -0.39 is 5.92 Å². The van der Waals surface area contributed by atoms with Gasteiger partial charge in [0.15, 0.2) is 0 Å². The Hall–Kier alpha value is -2.54. The van der Waals surface area contributed by atoms with E-state index in [-0.39, 0.29) is 30.4 Å². The number of ether oxygens (including phenoxy) is 1. The number of aryl methyl sites for hydroxylation is 2. The summed E-state index contributed by atoms with van der Waals surface area (Å²) in [6.45, 7) is 4.26. The topological polar surface area (TPSA) is 49.1 Å². The van der Waals surface area contributed by atoms with E-state index in [0.717, 1.165) is 22.2 Å². The Morgan fingerprint density at radius 3 is 2.69 bits per heavy atom. The molecule has 0 N–H and O–H groups in total. The van der Waals surface area contributed by atoms with Gasteiger partial charge in [-0.3, -0.25) is 4.79 Å². The maximum absolute atomic E-state index is 13.6. The quantitative estimate of drug-likeness (QED) is 0.635. The van der Waals surface area contributed by atoms with Crippen LogP contribution in [0.3, 0.4) is 0 Å². The Morgan fingerprint density at radius 2 is 2.07 bits per heavy atom. The Morgan fingerprint density at radius 1 is 1.34 bits per heavy atom. The summed E-state index contributed by atoms with van der Waals surface area (Å²) in [4.78, 5) is 16.9. The van der Waals surface area contributed by atoms with E-state index in [0.29, 0.717) is 18.0 Å². The lowest BCUT2D eigenvalue weighted by Gasteiger charge is -2.35. The average molecular weight is 401 g/mol. The van der Waals surface area contributed by atoms with Crippen LogP contribution in [0.25, 0.3) is 22.2 Å². The summed E-state index contributed by atoms with van der Waals surface area (Å²) in [5.74, 6) is -2.20. The molecule has 29 heavy (non-hydrogen) atoms. The highest BCUT2D eigenvalue weighted by Gasteiger charge is 2.48. The molecule has 2 aromatic heterocycles. The predicted octanol–water partition coefficient (Wildman–Crippen LogP) is 4.43. The molecule has 3 aromatic rings. The lowest BCUT2D eigenvalue weighted by atomic mass is 9.80. The fourth-order valence-electron chi connectivity index (χ4n) is 4.30. The van der Waals surface area contributed by atoms with Gasteiger partial charge in [-0.15, -0.1) is 0 Å². The van der Waals surface area contributed by atoms with Gasteiger partial charge in [0.1, 0.15) is 5.82 Å². The van der Waals surface area contributed by atoms with Crippen molar-refractivity contribution in [3.8, 4) is 11.1 Å². The molecule has 1 aliphatic carbocycles. The Balaban J connectivity index is 1.92. The second-order valence-corrected chi connectivity index (χ2v) is 8.11. The number of para-hydroxylation sites is 1. The Labute approximate surface area is 167 Å². The SMILES string of the molecule is COC[C@@H](C)n1c(C2CC(F)(F)C2)nc2c(-c3cc(C)c(=O)n(C)c3)cccc21. The maximum Gasteiger partial charge on any atom is 0.253 e. The fraction of sp³-hybridized carbons (Fsp3) is 0.455. The fourth-order valence-corrected chi connectivity index (χ4v) is 4.30. The first kappa shape index (κ1) is 19.8. The average Bonchev–Trinajstić information content (AvgIpc) is 3.03. The standard InChI is InChI=1S/C22H25F2N3O2/c1-13-8-15(11-26(3)21(13)28)17-6-5-7-18-19(17)25-20(16-9-22(23,24)10-16)27(18)14(2)12-29-4/h5-8,11,14,16H,9-10,12H2,1-4H3/t14-/m1/s1. The van der Waals surface area contributed by atoms with E-state index in [2.05, 4.69) is 0 Å². The number of fused-ring (bicyclic) bond motifs is 1. The second-order valence-electron chi connectivity index (χ2n) is 8.11. The van der Waals surface area contributed by atoms with Gasteiger partial charge in [0.25, 0.3) is 5.56 Å².